The third kappa shape index (κ3) is 4.05. The van der Waals surface area contributed by atoms with Crippen molar-refractivity contribution in [2.75, 3.05) is 0 Å². The zero-order valence-electron chi connectivity index (χ0n) is 11.9. The molecule has 0 aromatic heterocycles. The highest BCUT2D eigenvalue weighted by Gasteiger charge is 2.32. The predicted molar refractivity (Wildman–Crippen MR) is 74.7 cm³/mol. The number of hydrogen-bond donors (Lipinski definition) is 2. The highest BCUT2D eigenvalue weighted by atomic mass is 16.2. The second kappa shape index (κ2) is 6.86. The van der Waals surface area contributed by atoms with Crippen LogP contribution >= 0.6 is 0 Å². The van der Waals surface area contributed by atoms with Crippen molar-refractivity contribution in [3.05, 3.63) is 0 Å². The fraction of sp³-hybridized carbons (Fsp3) is 0.800. The molecule has 0 aromatic carbocycles. The average molecular weight is 280 g/mol. The summed E-state index contributed by atoms with van der Waals surface area (Å²) < 4.78 is 0. The van der Waals surface area contributed by atoms with Crippen molar-refractivity contribution in [3.63, 3.8) is 0 Å². The smallest absolute Gasteiger partial charge is 0.240 e. The molecule has 2 fully saturated rings. The molecule has 0 bridgehead atoms. The fourth-order valence-electron chi connectivity index (χ4n) is 3.47. The van der Waals surface area contributed by atoms with Crippen LogP contribution in [-0.4, -0.2) is 23.6 Å². The number of Topliss-reactive ketones (excluding diaryl/α,β-unsaturated/α-hetero) is 1. The van der Waals surface area contributed by atoms with E-state index in [4.69, 9.17) is 5.73 Å². The Kier molecular flexibility index (Phi) is 5.15. The summed E-state index contributed by atoms with van der Waals surface area (Å²) in [5.74, 6) is -0.140. The Morgan fingerprint density at radius 3 is 2.50 bits per heavy atom. The molecule has 20 heavy (non-hydrogen) atoms. The van der Waals surface area contributed by atoms with Gasteiger partial charge in [-0.2, -0.15) is 0 Å². The number of nitrogens with one attached hydrogen (secondary N) is 1. The number of ketones is 1. The minimum atomic E-state index is -0.687. The van der Waals surface area contributed by atoms with Crippen molar-refractivity contribution in [1.82, 2.24) is 5.32 Å². The zero-order chi connectivity index (χ0) is 14.5. The van der Waals surface area contributed by atoms with Crippen LogP contribution in [0, 0.1) is 11.8 Å². The van der Waals surface area contributed by atoms with Gasteiger partial charge in [-0.25, -0.2) is 0 Å². The molecule has 3 N–H and O–H groups in total. The van der Waals surface area contributed by atoms with Gasteiger partial charge in [0.05, 0.1) is 0 Å². The number of carbonyl (C=O) groups is 3. The SMILES string of the molecule is NC(=O)[C@@H](NC(=O)CC1CCCC1)[C@@H]1CCCC(=O)C1. The topological polar surface area (TPSA) is 89.3 Å². The largest absolute Gasteiger partial charge is 0.368 e. The molecule has 2 amide bonds. The Labute approximate surface area is 119 Å². The maximum Gasteiger partial charge on any atom is 0.240 e. The van der Waals surface area contributed by atoms with E-state index in [1.807, 2.05) is 0 Å². The number of carbonyl (C=O) groups excluding carboxylic acids is 3. The summed E-state index contributed by atoms with van der Waals surface area (Å²) in [5, 5.41) is 2.77. The highest BCUT2D eigenvalue weighted by Crippen LogP contribution is 2.28. The van der Waals surface area contributed by atoms with E-state index in [-0.39, 0.29) is 17.6 Å². The van der Waals surface area contributed by atoms with E-state index < -0.39 is 11.9 Å². The summed E-state index contributed by atoms with van der Waals surface area (Å²) in [6.45, 7) is 0. The lowest BCUT2D eigenvalue weighted by atomic mass is 9.82. The zero-order valence-corrected chi connectivity index (χ0v) is 11.9. The van der Waals surface area contributed by atoms with Crippen LogP contribution in [-0.2, 0) is 14.4 Å². The fourth-order valence-corrected chi connectivity index (χ4v) is 3.47. The Morgan fingerprint density at radius 1 is 1.20 bits per heavy atom. The first-order valence-corrected chi connectivity index (χ1v) is 7.66. The number of amides is 2. The maximum atomic E-state index is 12.0. The van der Waals surface area contributed by atoms with Gasteiger partial charge in [0.1, 0.15) is 11.8 Å². The van der Waals surface area contributed by atoms with E-state index in [2.05, 4.69) is 5.32 Å². The summed E-state index contributed by atoms with van der Waals surface area (Å²) in [4.78, 5) is 35.1. The van der Waals surface area contributed by atoms with E-state index in [1.54, 1.807) is 0 Å². The second-order valence-electron chi connectivity index (χ2n) is 6.20. The van der Waals surface area contributed by atoms with Crippen LogP contribution in [0.15, 0.2) is 0 Å². The molecule has 112 valence electrons. The first kappa shape index (κ1) is 15.0. The Bertz CT molecular complexity index is 389. The molecule has 0 saturated heterocycles. The molecule has 2 atom stereocenters. The summed E-state index contributed by atoms with van der Waals surface area (Å²) in [6.07, 6.45) is 7.55. The van der Waals surface area contributed by atoms with E-state index in [1.165, 1.54) is 12.8 Å². The van der Waals surface area contributed by atoms with E-state index in [0.717, 1.165) is 25.7 Å². The normalized spacial score (nSPS) is 25.4. The van der Waals surface area contributed by atoms with Gasteiger partial charge in [-0.15, -0.1) is 0 Å². The van der Waals surface area contributed by atoms with Gasteiger partial charge in [0.25, 0.3) is 0 Å². The quantitative estimate of drug-likeness (QED) is 0.795. The molecule has 5 heteroatoms. The van der Waals surface area contributed by atoms with Gasteiger partial charge in [-0.05, 0) is 37.5 Å². The third-order valence-electron chi connectivity index (χ3n) is 4.56. The molecular weight excluding hydrogens is 256 g/mol. The van der Waals surface area contributed by atoms with Crippen molar-refractivity contribution in [2.24, 2.45) is 17.6 Å². The summed E-state index contributed by atoms with van der Waals surface area (Å²) >= 11 is 0. The van der Waals surface area contributed by atoms with Crippen molar-refractivity contribution in [2.45, 2.75) is 63.8 Å². The van der Waals surface area contributed by atoms with Gasteiger partial charge in [-0.1, -0.05) is 12.8 Å². The molecule has 0 aromatic rings. The standard InChI is InChI=1S/C15H24N2O3/c16-15(20)14(11-6-3-7-12(18)9-11)17-13(19)8-10-4-1-2-5-10/h10-11,14H,1-9H2,(H2,16,20)(H,17,19)/t11-,14+/m1/s1. The number of rotatable bonds is 5. The number of nitrogens with two attached hydrogens (primary N) is 1. The van der Waals surface area contributed by atoms with Crippen LogP contribution in [0.2, 0.25) is 0 Å². The van der Waals surface area contributed by atoms with Gasteiger partial charge >= 0.3 is 0 Å². The van der Waals surface area contributed by atoms with Crippen LogP contribution in [0.25, 0.3) is 0 Å². The minimum absolute atomic E-state index is 0.0984. The number of primary amides is 1. The molecule has 2 rings (SSSR count). The highest BCUT2D eigenvalue weighted by molar-refractivity contribution is 5.88. The Balaban J connectivity index is 1.89. The van der Waals surface area contributed by atoms with Crippen molar-refractivity contribution in [3.8, 4) is 0 Å². The van der Waals surface area contributed by atoms with Crippen LogP contribution in [0.5, 0.6) is 0 Å². The predicted octanol–water partition coefficient (Wildman–Crippen LogP) is 1.30. The molecule has 0 heterocycles. The van der Waals surface area contributed by atoms with E-state index in [9.17, 15) is 14.4 Å². The van der Waals surface area contributed by atoms with Gasteiger partial charge in [0.15, 0.2) is 0 Å². The Hall–Kier alpha value is -1.39. The van der Waals surface area contributed by atoms with Gasteiger partial charge in [0.2, 0.25) is 11.8 Å². The van der Waals surface area contributed by atoms with Gasteiger partial charge in [-0.3, -0.25) is 14.4 Å². The Morgan fingerprint density at radius 2 is 1.90 bits per heavy atom. The summed E-state index contributed by atoms with van der Waals surface area (Å²) in [7, 11) is 0. The van der Waals surface area contributed by atoms with Crippen LogP contribution in [0.4, 0.5) is 0 Å². The molecule has 2 aliphatic rings. The maximum absolute atomic E-state index is 12.0. The third-order valence-corrected chi connectivity index (χ3v) is 4.56. The van der Waals surface area contributed by atoms with Crippen LogP contribution < -0.4 is 11.1 Å². The lowest BCUT2D eigenvalue weighted by Crippen LogP contribution is -2.50. The first-order valence-electron chi connectivity index (χ1n) is 7.66. The molecule has 0 unspecified atom stereocenters. The summed E-state index contributed by atoms with van der Waals surface area (Å²) in [6, 6.07) is -0.687. The lowest BCUT2D eigenvalue weighted by Gasteiger charge is -2.28. The molecule has 2 aliphatic carbocycles. The lowest BCUT2D eigenvalue weighted by molar-refractivity contribution is -0.131. The summed E-state index contributed by atoms with van der Waals surface area (Å²) in [5.41, 5.74) is 5.40. The van der Waals surface area contributed by atoms with Crippen molar-refractivity contribution >= 4 is 17.6 Å². The average Bonchev–Trinajstić information content (AvgIpc) is 2.88. The number of hydrogen-bond acceptors (Lipinski definition) is 3. The van der Waals surface area contributed by atoms with E-state index >= 15 is 0 Å². The van der Waals surface area contributed by atoms with Crippen LogP contribution in [0.1, 0.15) is 57.8 Å². The molecule has 0 radical (unpaired) electrons. The first-order chi connectivity index (χ1) is 9.56. The monoisotopic (exact) mass is 280 g/mol. The second-order valence-corrected chi connectivity index (χ2v) is 6.20. The van der Waals surface area contributed by atoms with Gasteiger partial charge in [0, 0.05) is 19.3 Å². The molecule has 0 spiro atoms. The van der Waals surface area contributed by atoms with Crippen LogP contribution in [0.3, 0.4) is 0 Å². The van der Waals surface area contributed by atoms with Crippen molar-refractivity contribution < 1.29 is 14.4 Å². The van der Waals surface area contributed by atoms with E-state index in [0.29, 0.717) is 25.2 Å². The molecule has 2 saturated carbocycles. The molecule has 5 nitrogen and oxygen atoms in total. The van der Waals surface area contributed by atoms with Crippen molar-refractivity contribution in [1.29, 1.82) is 0 Å². The van der Waals surface area contributed by atoms with Gasteiger partial charge < -0.3 is 11.1 Å². The molecule has 0 aliphatic heterocycles. The molecular formula is C15H24N2O3. The minimum Gasteiger partial charge on any atom is -0.368 e.